The van der Waals surface area contributed by atoms with Crippen molar-refractivity contribution in [3.8, 4) is 0 Å². The third-order valence-electron chi connectivity index (χ3n) is 4.94. The van der Waals surface area contributed by atoms with E-state index in [0.29, 0.717) is 16.6 Å². The number of halogens is 2. The molecule has 1 atom stereocenters. The van der Waals surface area contributed by atoms with Crippen LogP contribution in [0.2, 0.25) is 10.0 Å². The standard InChI is InChI=1S/C23H28Cl2N2O2/c1-4-5-12-26-23(29)17(3)27(15-18-10-11-20(24)21(25)13-18)22(28)14-19-9-7-6-8-16(19)2/h6-11,13,17H,4-5,12,14-15H2,1-3H3,(H,26,29)/t17-/m1/s1. The van der Waals surface area contributed by atoms with Gasteiger partial charge in [-0.1, -0.05) is 66.9 Å². The number of hydrogen-bond acceptors (Lipinski definition) is 2. The van der Waals surface area contributed by atoms with E-state index in [9.17, 15) is 9.59 Å². The number of rotatable bonds is 9. The van der Waals surface area contributed by atoms with Crippen molar-refractivity contribution >= 4 is 35.0 Å². The highest BCUT2D eigenvalue weighted by atomic mass is 35.5. The van der Waals surface area contributed by atoms with Crippen LogP contribution in [0.5, 0.6) is 0 Å². The van der Waals surface area contributed by atoms with Crippen molar-refractivity contribution in [1.82, 2.24) is 10.2 Å². The molecule has 0 unspecified atom stereocenters. The molecule has 0 heterocycles. The van der Waals surface area contributed by atoms with Crippen LogP contribution in [0.4, 0.5) is 0 Å². The van der Waals surface area contributed by atoms with Crippen molar-refractivity contribution in [1.29, 1.82) is 0 Å². The molecule has 2 amide bonds. The number of hydrogen-bond donors (Lipinski definition) is 1. The van der Waals surface area contributed by atoms with Gasteiger partial charge in [0, 0.05) is 13.1 Å². The summed E-state index contributed by atoms with van der Waals surface area (Å²) in [6.45, 7) is 6.69. The molecular formula is C23H28Cl2N2O2. The van der Waals surface area contributed by atoms with E-state index in [1.807, 2.05) is 37.3 Å². The van der Waals surface area contributed by atoms with Crippen LogP contribution in [0, 0.1) is 6.92 Å². The topological polar surface area (TPSA) is 49.4 Å². The van der Waals surface area contributed by atoms with Gasteiger partial charge in [0.15, 0.2) is 0 Å². The second kappa shape index (κ2) is 11.2. The number of aryl methyl sites for hydroxylation is 1. The quantitative estimate of drug-likeness (QED) is 0.552. The lowest BCUT2D eigenvalue weighted by Crippen LogP contribution is -2.48. The van der Waals surface area contributed by atoms with Crippen LogP contribution in [0.3, 0.4) is 0 Å². The highest BCUT2D eigenvalue weighted by molar-refractivity contribution is 6.42. The number of unbranched alkanes of at least 4 members (excludes halogenated alkanes) is 1. The molecule has 0 radical (unpaired) electrons. The van der Waals surface area contributed by atoms with E-state index in [-0.39, 0.29) is 24.8 Å². The second-order valence-electron chi connectivity index (χ2n) is 7.19. The average molecular weight is 435 g/mol. The van der Waals surface area contributed by atoms with Crippen LogP contribution < -0.4 is 5.32 Å². The molecule has 0 fully saturated rings. The second-order valence-corrected chi connectivity index (χ2v) is 8.01. The van der Waals surface area contributed by atoms with Gasteiger partial charge in [0.2, 0.25) is 11.8 Å². The monoisotopic (exact) mass is 434 g/mol. The normalized spacial score (nSPS) is 11.8. The zero-order chi connectivity index (χ0) is 21.4. The number of nitrogens with zero attached hydrogens (tertiary/aromatic N) is 1. The SMILES string of the molecule is CCCCNC(=O)[C@@H](C)N(Cc1ccc(Cl)c(Cl)c1)C(=O)Cc1ccccc1C. The van der Waals surface area contributed by atoms with Crippen molar-refractivity contribution < 1.29 is 9.59 Å². The van der Waals surface area contributed by atoms with Gasteiger partial charge in [-0.05, 0) is 49.1 Å². The van der Waals surface area contributed by atoms with Gasteiger partial charge in [0.25, 0.3) is 0 Å². The average Bonchev–Trinajstić information content (AvgIpc) is 2.70. The zero-order valence-corrected chi connectivity index (χ0v) is 18.7. The molecule has 0 aromatic heterocycles. The maximum atomic E-state index is 13.2. The van der Waals surface area contributed by atoms with Gasteiger partial charge < -0.3 is 10.2 Å². The van der Waals surface area contributed by atoms with Gasteiger partial charge in [0.05, 0.1) is 16.5 Å². The number of nitrogens with one attached hydrogen (secondary N) is 1. The number of carbonyl (C=O) groups is 2. The van der Waals surface area contributed by atoms with Gasteiger partial charge in [-0.2, -0.15) is 0 Å². The van der Waals surface area contributed by atoms with E-state index in [0.717, 1.165) is 29.5 Å². The first-order chi connectivity index (χ1) is 13.8. The number of amides is 2. The van der Waals surface area contributed by atoms with Crippen molar-refractivity contribution in [3.05, 3.63) is 69.2 Å². The molecular weight excluding hydrogens is 407 g/mol. The van der Waals surface area contributed by atoms with E-state index in [4.69, 9.17) is 23.2 Å². The van der Waals surface area contributed by atoms with Crippen LogP contribution in [0.1, 0.15) is 43.4 Å². The molecule has 1 N–H and O–H groups in total. The van der Waals surface area contributed by atoms with Crippen LogP contribution in [-0.2, 0) is 22.6 Å². The molecule has 2 aromatic rings. The maximum absolute atomic E-state index is 13.2. The van der Waals surface area contributed by atoms with Crippen molar-refractivity contribution in [2.45, 2.75) is 52.6 Å². The molecule has 0 saturated carbocycles. The van der Waals surface area contributed by atoms with Gasteiger partial charge in [-0.3, -0.25) is 9.59 Å². The first kappa shape index (κ1) is 23.2. The Morgan fingerprint density at radius 3 is 2.48 bits per heavy atom. The smallest absolute Gasteiger partial charge is 0.242 e. The van der Waals surface area contributed by atoms with Crippen LogP contribution in [-0.4, -0.2) is 29.3 Å². The van der Waals surface area contributed by atoms with Gasteiger partial charge in [-0.25, -0.2) is 0 Å². The minimum Gasteiger partial charge on any atom is -0.354 e. The summed E-state index contributed by atoms with van der Waals surface area (Å²) in [4.78, 5) is 27.4. The van der Waals surface area contributed by atoms with E-state index >= 15 is 0 Å². The van der Waals surface area contributed by atoms with Crippen LogP contribution >= 0.6 is 23.2 Å². The lowest BCUT2D eigenvalue weighted by molar-refractivity contribution is -0.140. The Balaban J connectivity index is 2.23. The summed E-state index contributed by atoms with van der Waals surface area (Å²) in [5.41, 5.74) is 2.83. The molecule has 0 aliphatic carbocycles. The molecule has 2 rings (SSSR count). The summed E-state index contributed by atoms with van der Waals surface area (Å²) in [5, 5.41) is 3.80. The molecule has 0 saturated heterocycles. The molecule has 0 spiro atoms. The Bertz CT molecular complexity index is 855. The first-order valence-corrected chi connectivity index (χ1v) is 10.6. The molecule has 156 valence electrons. The molecule has 0 aliphatic rings. The molecule has 4 nitrogen and oxygen atoms in total. The van der Waals surface area contributed by atoms with Gasteiger partial charge in [-0.15, -0.1) is 0 Å². The third kappa shape index (κ3) is 6.76. The predicted molar refractivity (Wildman–Crippen MR) is 119 cm³/mol. The largest absolute Gasteiger partial charge is 0.354 e. The van der Waals surface area contributed by atoms with Crippen LogP contribution in [0.15, 0.2) is 42.5 Å². The number of benzene rings is 2. The summed E-state index contributed by atoms with van der Waals surface area (Å²) in [6, 6.07) is 12.4. The third-order valence-corrected chi connectivity index (χ3v) is 5.68. The fraction of sp³-hybridized carbons (Fsp3) is 0.391. The Morgan fingerprint density at radius 1 is 1.10 bits per heavy atom. The molecule has 29 heavy (non-hydrogen) atoms. The maximum Gasteiger partial charge on any atom is 0.242 e. The zero-order valence-electron chi connectivity index (χ0n) is 17.2. The summed E-state index contributed by atoms with van der Waals surface area (Å²) < 4.78 is 0. The molecule has 6 heteroatoms. The fourth-order valence-corrected chi connectivity index (χ4v) is 3.35. The van der Waals surface area contributed by atoms with Crippen molar-refractivity contribution in [2.24, 2.45) is 0 Å². The number of carbonyl (C=O) groups excluding carboxylic acids is 2. The Hall–Kier alpha value is -2.04. The minimum atomic E-state index is -0.599. The Kier molecular flexibility index (Phi) is 8.99. The van der Waals surface area contributed by atoms with Gasteiger partial charge in [0.1, 0.15) is 6.04 Å². The highest BCUT2D eigenvalue weighted by Gasteiger charge is 2.26. The van der Waals surface area contributed by atoms with E-state index in [1.165, 1.54) is 0 Å². The first-order valence-electron chi connectivity index (χ1n) is 9.89. The Labute approximate surface area is 183 Å². The minimum absolute atomic E-state index is 0.108. The molecule has 0 bridgehead atoms. The highest BCUT2D eigenvalue weighted by Crippen LogP contribution is 2.24. The summed E-state index contributed by atoms with van der Waals surface area (Å²) in [6.07, 6.45) is 2.14. The summed E-state index contributed by atoms with van der Waals surface area (Å²) >= 11 is 12.2. The van der Waals surface area contributed by atoms with Crippen LogP contribution in [0.25, 0.3) is 0 Å². The fourth-order valence-electron chi connectivity index (χ4n) is 3.03. The molecule has 0 aliphatic heterocycles. The predicted octanol–water partition coefficient (Wildman–Crippen LogP) is 5.18. The van der Waals surface area contributed by atoms with Crippen molar-refractivity contribution in [2.75, 3.05) is 6.54 Å². The lowest BCUT2D eigenvalue weighted by Gasteiger charge is -2.29. The lowest BCUT2D eigenvalue weighted by atomic mass is 10.0. The van der Waals surface area contributed by atoms with E-state index < -0.39 is 6.04 Å². The van der Waals surface area contributed by atoms with E-state index in [1.54, 1.807) is 24.0 Å². The summed E-state index contributed by atoms with van der Waals surface area (Å²) in [5.74, 6) is -0.264. The molecule has 2 aromatic carbocycles. The van der Waals surface area contributed by atoms with E-state index in [2.05, 4.69) is 12.2 Å². The van der Waals surface area contributed by atoms with Crippen molar-refractivity contribution in [3.63, 3.8) is 0 Å². The summed E-state index contributed by atoms with van der Waals surface area (Å²) in [7, 11) is 0. The Morgan fingerprint density at radius 2 is 1.83 bits per heavy atom. The van der Waals surface area contributed by atoms with Gasteiger partial charge >= 0.3 is 0 Å².